The Morgan fingerprint density at radius 3 is 2.96 bits per heavy atom. The molecular weight excluding hydrogens is 306 g/mol. The second-order valence-corrected chi connectivity index (χ2v) is 6.07. The summed E-state index contributed by atoms with van der Waals surface area (Å²) in [4.78, 5) is 12.1. The topological polar surface area (TPSA) is 92.1 Å². The number of benzene rings is 1. The van der Waals surface area contributed by atoms with Gasteiger partial charge >= 0.3 is 6.03 Å². The van der Waals surface area contributed by atoms with E-state index >= 15 is 0 Å². The van der Waals surface area contributed by atoms with E-state index in [0.717, 1.165) is 36.6 Å². The maximum atomic E-state index is 12.1. The number of hydrogen-bond donors (Lipinski definition) is 3. The number of urea groups is 1. The van der Waals surface area contributed by atoms with E-state index in [2.05, 4.69) is 20.8 Å². The summed E-state index contributed by atoms with van der Waals surface area (Å²) in [7, 11) is 0. The van der Waals surface area contributed by atoms with Crippen LogP contribution >= 0.6 is 0 Å². The zero-order valence-corrected chi connectivity index (χ0v) is 13.8. The third kappa shape index (κ3) is 3.73. The Morgan fingerprint density at radius 1 is 1.38 bits per heavy atom. The van der Waals surface area contributed by atoms with Crippen LogP contribution in [0.4, 0.5) is 4.79 Å². The molecule has 0 aliphatic carbocycles. The zero-order valence-electron chi connectivity index (χ0n) is 13.8. The first-order valence-electron chi connectivity index (χ1n) is 8.32. The number of amides is 2. The van der Waals surface area contributed by atoms with Crippen LogP contribution in [0.5, 0.6) is 0 Å². The molecule has 2 heterocycles. The van der Waals surface area contributed by atoms with Gasteiger partial charge in [-0.1, -0.05) is 30.3 Å². The maximum Gasteiger partial charge on any atom is 0.315 e. The van der Waals surface area contributed by atoms with Crippen LogP contribution in [-0.4, -0.2) is 32.4 Å². The summed E-state index contributed by atoms with van der Waals surface area (Å²) in [6, 6.07) is 9.09. The summed E-state index contributed by atoms with van der Waals surface area (Å²) in [5.41, 5.74) is 0.857. The lowest BCUT2D eigenvalue weighted by atomic mass is 10.1. The predicted octanol–water partition coefficient (Wildman–Crippen LogP) is 1.84. The molecule has 3 N–H and O–H groups in total. The molecule has 1 aromatic heterocycles. The van der Waals surface area contributed by atoms with Crippen molar-refractivity contribution < 1.29 is 9.90 Å². The van der Waals surface area contributed by atoms with E-state index in [9.17, 15) is 9.90 Å². The molecule has 7 heteroatoms. The van der Waals surface area contributed by atoms with Crippen LogP contribution < -0.4 is 10.6 Å². The second kappa shape index (κ2) is 7.44. The van der Waals surface area contributed by atoms with Crippen molar-refractivity contribution in [3.63, 3.8) is 0 Å². The molecule has 0 saturated heterocycles. The molecule has 24 heavy (non-hydrogen) atoms. The third-order valence-electron chi connectivity index (χ3n) is 4.34. The van der Waals surface area contributed by atoms with Crippen molar-refractivity contribution in [2.45, 2.75) is 44.9 Å². The van der Waals surface area contributed by atoms with Gasteiger partial charge in [-0.15, -0.1) is 10.2 Å². The summed E-state index contributed by atoms with van der Waals surface area (Å²) in [5, 5.41) is 24.1. The number of fused-ring (bicyclic) bond motifs is 1. The van der Waals surface area contributed by atoms with E-state index in [1.54, 1.807) is 0 Å². The molecule has 128 valence electrons. The number of rotatable bonds is 5. The first-order chi connectivity index (χ1) is 11.6. The van der Waals surface area contributed by atoms with Crippen LogP contribution in [0.25, 0.3) is 0 Å². The van der Waals surface area contributed by atoms with Crippen molar-refractivity contribution in [1.82, 2.24) is 25.4 Å². The summed E-state index contributed by atoms with van der Waals surface area (Å²) in [5.74, 6) is 1.70. The number of aryl methyl sites for hydroxylation is 1. The van der Waals surface area contributed by atoms with Gasteiger partial charge in [0, 0.05) is 13.1 Å². The van der Waals surface area contributed by atoms with Gasteiger partial charge in [-0.25, -0.2) is 4.79 Å². The number of carbonyl (C=O) groups is 1. The van der Waals surface area contributed by atoms with Crippen LogP contribution in [-0.2, 0) is 6.54 Å². The Morgan fingerprint density at radius 2 is 2.17 bits per heavy atom. The fourth-order valence-electron chi connectivity index (χ4n) is 3.02. The summed E-state index contributed by atoms with van der Waals surface area (Å²) in [6.45, 7) is 3.22. The van der Waals surface area contributed by atoms with Crippen molar-refractivity contribution in [3.05, 3.63) is 47.5 Å². The van der Waals surface area contributed by atoms with E-state index < -0.39 is 6.10 Å². The van der Waals surface area contributed by atoms with Gasteiger partial charge in [0.15, 0.2) is 5.82 Å². The van der Waals surface area contributed by atoms with Crippen LogP contribution in [0.1, 0.15) is 48.6 Å². The fraction of sp³-hybridized carbons (Fsp3) is 0.471. The quantitative estimate of drug-likeness (QED) is 0.780. The van der Waals surface area contributed by atoms with Gasteiger partial charge in [0.1, 0.15) is 5.82 Å². The van der Waals surface area contributed by atoms with Crippen LogP contribution in [0, 0.1) is 6.92 Å². The maximum absolute atomic E-state index is 12.1. The highest BCUT2D eigenvalue weighted by Gasteiger charge is 2.25. The van der Waals surface area contributed by atoms with Crippen molar-refractivity contribution in [2.24, 2.45) is 0 Å². The number of aromatic nitrogens is 3. The molecule has 2 amide bonds. The molecule has 0 spiro atoms. The lowest BCUT2D eigenvalue weighted by molar-refractivity contribution is 0.166. The molecule has 0 bridgehead atoms. The Kier molecular flexibility index (Phi) is 5.10. The van der Waals surface area contributed by atoms with Crippen molar-refractivity contribution in [2.75, 3.05) is 6.54 Å². The van der Waals surface area contributed by atoms with Gasteiger partial charge in [-0.05, 0) is 31.7 Å². The molecular formula is C17H23N5O2. The van der Waals surface area contributed by atoms with Crippen molar-refractivity contribution >= 4 is 6.03 Å². The van der Waals surface area contributed by atoms with E-state index in [1.807, 2.05) is 41.8 Å². The molecule has 2 atom stereocenters. The lowest BCUT2D eigenvalue weighted by Crippen LogP contribution is -2.40. The minimum absolute atomic E-state index is 0.112. The normalized spacial score (nSPS) is 17.8. The Balaban J connectivity index is 1.47. The molecule has 0 saturated carbocycles. The van der Waals surface area contributed by atoms with Gasteiger partial charge in [0.05, 0.1) is 12.1 Å². The number of nitrogens with zero attached hydrogens (tertiary/aromatic N) is 3. The number of nitrogens with one attached hydrogen (secondary N) is 2. The third-order valence-corrected chi connectivity index (χ3v) is 4.34. The monoisotopic (exact) mass is 329 g/mol. The van der Waals surface area contributed by atoms with E-state index in [0.29, 0.717) is 13.0 Å². The Bertz CT molecular complexity index is 686. The minimum Gasteiger partial charge on any atom is -0.388 e. The predicted molar refractivity (Wildman–Crippen MR) is 89.3 cm³/mol. The van der Waals surface area contributed by atoms with Crippen LogP contribution in [0.15, 0.2) is 30.3 Å². The molecule has 0 fully saturated rings. The molecule has 1 aliphatic rings. The average molecular weight is 329 g/mol. The minimum atomic E-state index is -0.577. The molecule has 2 unspecified atom stereocenters. The smallest absolute Gasteiger partial charge is 0.315 e. The largest absolute Gasteiger partial charge is 0.388 e. The first kappa shape index (κ1) is 16.4. The molecule has 0 radical (unpaired) electrons. The molecule has 1 aromatic carbocycles. The summed E-state index contributed by atoms with van der Waals surface area (Å²) in [6.07, 6.45) is 1.74. The Labute approximate surface area is 141 Å². The second-order valence-electron chi connectivity index (χ2n) is 6.07. The van der Waals surface area contributed by atoms with Gasteiger partial charge < -0.3 is 20.3 Å². The number of aliphatic hydroxyl groups is 1. The summed E-state index contributed by atoms with van der Waals surface area (Å²) < 4.78 is 2.05. The van der Waals surface area contributed by atoms with Gasteiger partial charge in [-0.2, -0.15) is 0 Å². The SMILES string of the molecule is Cc1nnc2n1CCCC2NC(=O)NCCC(O)c1ccccc1. The first-order valence-corrected chi connectivity index (χ1v) is 8.32. The van der Waals surface area contributed by atoms with Crippen LogP contribution in [0.3, 0.4) is 0 Å². The average Bonchev–Trinajstić information content (AvgIpc) is 2.98. The fourth-order valence-corrected chi connectivity index (χ4v) is 3.02. The van der Waals surface area contributed by atoms with Crippen molar-refractivity contribution in [3.8, 4) is 0 Å². The molecule has 2 aromatic rings. The molecule has 3 rings (SSSR count). The lowest BCUT2D eigenvalue weighted by Gasteiger charge is -2.24. The summed E-state index contributed by atoms with van der Waals surface area (Å²) >= 11 is 0. The Hall–Kier alpha value is -2.41. The molecule has 7 nitrogen and oxygen atoms in total. The van der Waals surface area contributed by atoms with E-state index in [4.69, 9.17) is 0 Å². The highest BCUT2D eigenvalue weighted by atomic mass is 16.3. The standard InChI is InChI=1S/C17H23N5O2/c1-12-20-21-16-14(8-5-11-22(12)16)19-17(24)18-10-9-15(23)13-6-3-2-4-7-13/h2-4,6-7,14-15,23H,5,8-11H2,1H3,(H2,18,19,24). The van der Waals surface area contributed by atoms with Crippen molar-refractivity contribution in [1.29, 1.82) is 0 Å². The van der Waals surface area contributed by atoms with E-state index in [-0.39, 0.29) is 12.1 Å². The van der Waals surface area contributed by atoms with Gasteiger partial charge in [0.2, 0.25) is 0 Å². The van der Waals surface area contributed by atoms with Crippen LogP contribution in [0.2, 0.25) is 0 Å². The van der Waals surface area contributed by atoms with Gasteiger partial charge in [0.25, 0.3) is 0 Å². The molecule has 1 aliphatic heterocycles. The highest BCUT2D eigenvalue weighted by Crippen LogP contribution is 2.23. The van der Waals surface area contributed by atoms with Gasteiger partial charge in [-0.3, -0.25) is 0 Å². The number of carbonyl (C=O) groups excluding carboxylic acids is 1. The highest BCUT2D eigenvalue weighted by molar-refractivity contribution is 5.74. The number of hydrogen-bond acceptors (Lipinski definition) is 4. The zero-order chi connectivity index (χ0) is 16.9. The number of aliphatic hydroxyl groups excluding tert-OH is 1. The van der Waals surface area contributed by atoms with E-state index in [1.165, 1.54) is 0 Å².